The van der Waals surface area contributed by atoms with Crippen LogP contribution in [0.1, 0.15) is 6.30 Å². The van der Waals surface area contributed by atoms with Gasteiger partial charge in [0.2, 0.25) is 0 Å². The van der Waals surface area contributed by atoms with E-state index in [0.717, 1.165) is 12.3 Å². The molecular weight excluding hydrogens is 200 g/mol. The number of rotatable bonds is 1. The van der Waals surface area contributed by atoms with Gasteiger partial charge in [0, 0.05) is 6.20 Å². The molecule has 0 spiro atoms. The zero-order valence-corrected chi connectivity index (χ0v) is 6.27. The van der Waals surface area contributed by atoms with Crippen molar-refractivity contribution >= 4 is 11.6 Å². The van der Waals surface area contributed by atoms with Gasteiger partial charge in [-0.1, -0.05) is 11.6 Å². The molecule has 0 radical (unpaired) electrons. The Balaban J connectivity index is 2.85. The third-order valence-corrected chi connectivity index (χ3v) is 1.28. The lowest BCUT2D eigenvalue weighted by Crippen LogP contribution is -2.22. The van der Waals surface area contributed by atoms with Crippen LogP contribution in [0.4, 0.5) is 17.6 Å². The average molecular weight is 203 g/mol. The fourth-order valence-electron chi connectivity index (χ4n) is 0.591. The lowest BCUT2D eigenvalue weighted by Gasteiger charge is -2.11. The minimum absolute atomic E-state index is 0.113. The summed E-state index contributed by atoms with van der Waals surface area (Å²) >= 11 is 5.19. The molecule has 0 bridgehead atoms. The van der Waals surface area contributed by atoms with Gasteiger partial charge in [-0.15, -0.1) is 0 Å². The van der Waals surface area contributed by atoms with Gasteiger partial charge in [0.1, 0.15) is 0 Å². The second-order valence-corrected chi connectivity index (χ2v) is 2.38. The van der Waals surface area contributed by atoms with Gasteiger partial charge in [-0.2, -0.15) is 18.3 Å². The Hall–Kier alpha value is -0.780. The Morgan fingerprint density at radius 1 is 1.50 bits per heavy atom. The van der Waals surface area contributed by atoms with Gasteiger partial charge < -0.3 is 0 Å². The third kappa shape index (κ3) is 1.88. The van der Waals surface area contributed by atoms with Crippen molar-refractivity contribution < 1.29 is 17.6 Å². The SMILES string of the molecule is FC(n1ccc(Cl)n1)C(F)(F)F. The number of aromatic nitrogens is 2. The number of halogens is 5. The normalized spacial score (nSPS) is 14.8. The first kappa shape index (κ1) is 9.31. The molecule has 1 aromatic rings. The average Bonchev–Trinajstić information content (AvgIpc) is 2.32. The predicted octanol–water partition coefficient (Wildman–Crippen LogP) is 2.57. The van der Waals surface area contributed by atoms with Gasteiger partial charge in [0.15, 0.2) is 5.15 Å². The summed E-state index contributed by atoms with van der Waals surface area (Å²) in [7, 11) is 0. The van der Waals surface area contributed by atoms with Crippen molar-refractivity contribution in [2.24, 2.45) is 0 Å². The van der Waals surface area contributed by atoms with Crippen molar-refractivity contribution in [3.63, 3.8) is 0 Å². The van der Waals surface area contributed by atoms with Gasteiger partial charge in [-0.05, 0) is 6.07 Å². The van der Waals surface area contributed by atoms with Crippen LogP contribution in [0.15, 0.2) is 12.3 Å². The van der Waals surface area contributed by atoms with E-state index in [2.05, 4.69) is 5.10 Å². The Kier molecular flexibility index (Phi) is 2.27. The summed E-state index contributed by atoms with van der Waals surface area (Å²) in [6.07, 6.45) is -7.26. The van der Waals surface area contributed by atoms with Crippen LogP contribution < -0.4 is 0 Å². The molecule has 68 valence electrons. The molecule has 0 aromatic carbocycles. The molecule has 0 N–H and O–H groups in total. The highest BCUT2D eigenvalue weighted by molar-refractivity contribution is 6.29. The largest absolute Gasteiger partial charge is 0.440 e. The van der Waals surface area contributed by atoms with Crippen LogP contribution in [0.25, 0.3) is 0 Å². The molecule has 2 nitrogen and oxygen atoms in total. The lowest BCUT2D eigenvalue weighted by atomic mass is 10.6. The van der Waals surface area contributed by atoms with Crippen LogP contribution in [0, 0.1) is 0 Å². The number of hydrogen-bond donors (Lipinski definition) is 0. The van der Waals surface area contributed by atoms with E-state index in [1.165, 1.54) is 0 Å². The highest BCUT2D eigenvalue weighted by Gasteiger charge is 2.42. The molecule has 12 heavy (non-hydrogen) atoms. The fraction of sp³-hybridized carbons (Fsp3) is 0.400. The van der Waals surface area contributed by atoms with Crippen LogP contribution in [0.3, 0.4) is 0 Å². The van der Waals surface area contributed by atoms with Gasteiger partial charge in [-0.25, -0.2) is 9.07 Å². The molecule has 0 aliphatic heterocycles. The molecule has 0 amide bonds. The van der Waals surface area contributed by atoms with E-state index < -0.39 is 12.5 Å². The van der Waals surface area contributed by atoms with Crippen molar-refractivity contribution in [3.8, 4) is 0 Å². The molecule has 0 aliphatic carbocycles. The molecule has 0 aliphatic rings. The Morgan fingerprint density at radius 2 is 2.08 bits per heavy atom. The van der Waals surface area contributed by atoms with Gasteiger partial charge in [0.05, 0.1) is 0 Å². The second kappa shape index (κ2) is 2.93. The maximum Gasteiger partial charge on any atom is 0.440 e. The zero-order valence-electron chi connectivity index (χ0n) is 5.52. The monoisotopic (exact) mass is 202 g/mol. The van der Waals surface area contributed by atoms with E-state index in [9.17, 15) is 17.6 Å². The first-order valence-corrected chi connectivity index (χ1v) is 3.20. The molecule has 1 rings (SSSR count). The van der Waals surface area contributed by atoms with E-state index >= 15 is 0 Å². The first-order chi connectivity index (χ1) is 5.41. The Bertz CT molecular complexity index is 269. The zero-order chi connectivity index (χ0) is 9.35. The molecule has 0 fully saturated rings. The standard InChI is InChI=1S/C5H3ClF4N2/c6-3-1-2-12(11-3)4(7)5(8,9)10/h1-2,4H. The van der Waals surface area contributed by atoms with Crippen LogP contribution in [-0.2, 0) is 0 Å². The summed E-state index contributed by atoms with van der Waals surface area (Å²) in [6, 6.07) is 1.07. The summed E-state index contributed by atoms with van der Waals surface area (Å²) in [6.45, 7) is 0. The highest BCUT2D eigenvalue weighted by atomic mass is 35.5. The quantitative estimate of drug-likeness (QED) is 0.640. The van der Waals surface area contributed by atoms with E-state index in [-0.39, 0.29) is 9.83 Å². The summed E-state index contributed by atoms with van der Waals surface area (Å²) in [5, 5.41) is 2.89. The summed E-state index contributed by atoms with van der Waals surface area (Å²) in [5.41, 5.74) is 0. The van der Waals surface area contributed by atoms with E-state index in [1.807, 2.05) is 0 Å². The molecule has 0 saturated carbocycles. The molecule has 1 aromatic heterocycles. The molecule has 1 unspecified atom stereocenters. The van der Waals surface area contributed by atoms with Crippen molar-refractivity contribution in [1.29, 1.82) is 0 Å². The van der Waals surface area contributed by atoms with Gasteiger partial charge >= 0.3 is 6.18 Å². The fourth-order valence-corrected chi connectivity index (χ4v) is 0.735. The molecule has 1 atom stereocenters. The summed E-state index contributed by atoms with van der Waals surface area (Å²) in [4.78, 5) is 0. The summed E-state index contributed by atoms with van der Waals surface area (Å²) < 4.78 is 47.5. The Morgan fingerprint density at radius 3 is 2.42 bits per heavy atom. The molecule has 1 heterocycles. The molecule has 0 saturated heterocycles. The van der Waals surface area contributed by atoms with Crippen molar-refractivity contribution in [2.75, 3.05) is 0 Å². The minimum atomic E-state index is -4.95. The number of alkyl halides is 4. The predicted molar refractivity (Wildman–Crippen MR) is 33.4 cm³/mol. The van der Waals surface area contributed by atoms with E-state index in [4.69, 9.17) is 11.6 Å². The molecule has 7 heteroatoms. The maximum absolute atomic E-state index is 12.4. The maximum atomic E-state index is 12.4. The summed E-state index contributed by atoms with van der Waals surface area (Å²) in [5.74, 6) is 0. The van der Waals surface area contributed by atoms with E-state index in [1.54, 1.807) is 0 Å². The van der Waals surface area contributed by atoms with Crippen LogP contribution in [-0.4, -0.2) is 16.0 Å². The highest BCUT2D eigenvalue weighted by Crippen LogP contribution is 2.31. The third-order valence-electron chi connectivity index (χ3n) is 1.08. The Labute approximate surface area is 69.7 Å². The number of hydrogen-bond acceptors (Lipinski definition) is 1. The lowest BCUT2D eigenvalue weighted by molar-refractivity contribution is -0.207. The van der Waals surface area contributed by atoms with Gasteiger partial charge in [-0.3, -0.25) is 0 Å². The van der Waals surface area contributed by atoms with Crippen molar-refractivity contribution in [1.82, 2.24) is 9.78 Å². The molecular formula is C5H3ClF4N2. The smallest absolute Gasteiger partial charge is 0.229 e. The van der Waals surface area contributed by atoms with Crippen molar-refractivity contribution in [3.05, 3.63) is 17.4 Å². The topological polar surface area (TPSA) is 17.8 Å². The first-order valence-electron chi connectivity index (χ1n) is 2.82. The van der Waals surface area contributed by atoms with Gasteiger partial charge in [0.25, 0.3) is 6.30 Å². The number of nitrogens with zero attached hydrogens (tertiary/aromatic N) is 2. The van der Waals surface area contributed by atoms with E-state index in [0.29, 0.717) is 0 Å². The van der Waals surface area contributed by atoms with Crippen LogP contribution >= 0.6 is 11.6 Å². The second-order valence-electron chi connectivity index (χ2n) is 2.00. The van der Waals surface area contributed by atoms with Crippen molar-refractivity contribution in [2.45, 2.75) is 12.5 Å². The van der Waals surface area contributed by atoms with Crippen LogP contribution in [0.2, 0.25) is 5.15 Å². The van der Waals surface area contributed by atoms with Crippen LogP contribution in [0.5, 0.6) is 0 Å². The minimum Gasteiger partial charge on any atom is -0.229 e.